The number of rotatable bonds is 3. The lowest BCUT2D eigenvalue weighted by molar-refractivity contribution is -0.274. The number of aromatic nitrogens is 1. The first-order chi connectivity index (χ1) is 18.1. The van der Waals surface area contributed by atoms with Crippen LogP contribution >= 0.6 is 0 Å². The molecule has 2 fully saturated rings. The largest absolute Gasteiger partial charge is 0.573 e. The fraction of sp³-hybridized carbons (Fsp3) is 0.444. The maximum atomic E-state index is 13.2. The zero-order valence-electron chi connectivity index (χ0n) is 20.7. The number of halogens is 3. The van der Waals surface area contributed by atoms with Gasteiger partial charge in [0.1, 0.15) is 5.75 Å². The minimum atomic E-state index is -4.74. The Morgan fingerprint density at radius 3 is 2.26 bits per heavy atom. The van der Waals surface area contributed by atoms with Crippen LogP contribution in [0.4, 0.5) is 18.0 Å². The molecule has 0 saturated carbocycles. The number of hydrogen-bond donors (Lipinski definition) is 1. The third-order valence-electron chi connectivity index (χ3n) is 7.59. The number of alkyl halides is 3. The second-order valence-electron chi connectivity index (χ2n) is 10.1. The number of ether oxygens (including phenoxy) is 1. The number of nitrogens with one attached hydrogen (secondary N) is 1. The number of carbonyl (C=O) groups is 2. The van der Waals surface area contributed by atoms with Crippen molar-refractivity contribution in [3.8, 4) is 5.75 Å². The first-order valence-electron chi connectivity index (χ1n) is 12.7. The Balaban J connectivity index is 1.12. The van der Waals surface area contributed by atoms with Gasteiger partial charge in [-0.1, -0.05) is 18.2 Å². The van der Waals surface area contributed by atoms with E-state index in [0.29, 0.717) is 63.1 Å². The number of nitrogens with zero attached hydrogens (tertiary/aromatic N) is 3. The molecule has 3 aliphatic heterocycles. The molecule has 3 amide bonds. The monoisotopic (exact) mass is 530 g/mol. The van der Waals surface area contributed by atoms with Gasteiger partial charge in [-0.25, -0.2) is 4.79 Å². The zero-order valence-corrected chi connectivity index (χ0v) is 20.7. The number of urea groups is 1. The van der Waals surface area contributed by atoms with Crippen molar-refractivity contribution in [2.24, 2.45) is 11.8 Å². The van der Waals surface area contributed by atoms with Crippen molar-refractivity contribution in [3.63, 3.8) is 0 Å². The summed E-state index contributed by atoms with van der Waals surface area (Å²) in [5.74, 6) is 0.207. The molecule has 8 nitrogen and oxygen atoms in total. The summed E-state index contributed by atoms with van der Waals surface area (Å²) in [6, 6.07) is 8.65. The van der Waals surface area contributed by atoms with Crippen LogP contribution in [-0.2, 0) is 17.8 Å². The summed E-state index contributed by atoms with van der Waals surface area (Å²) >= 11 is 0. The Hall–Kier alpha value is -3.76. The highest BCUT2D eigenvalue weighted by atomic mass is 19.4. The van der Waals surface area contributed by atoms with Crippen LogP contribution in [0.5, 0.6) is 5.75 Å². The van der Waals surface area contributed by atoms with Gasteiger partial charge >= 0.3 is 12.4 Å². The summed E-state index contributed by atoms with van der Waals surface area (Å²) in [5.41, 5.74) is 2.35. The van der Waals surface area contributed by atoms with Gasteiger partial charge in [0.05, 0.1) is 0 Å². The van der Waals surface area contributed by atoms with Crippen molar-refractivity contribution in [3.05, 3.63) is 69.6 Å². The second-order valence-corrected chi connectivity index (χ2v) is 10.1. The lowest BCUT2D eigenvalue weighted by atomic mass is 9.92. The summed E-state index contributed by atoms with van der Waals surface area (Å²) in [5, 5.41) is 0. The maximum Gasteiger partial charge on any atom is 0.573 e. The molecule has 3 aliphatic rings. The van der Waals surface area contributed by atoms with E-state index < -0.39 is 6.36 Å². The molecule has 38 heavy (non-hydrogen) atoms. The summed E-state index contributed by atoms with van der Waals surface area (Å²) in [6.45, 7) is 3.59. The summed E-state index contributed by atoms with van der Waals surface area (Å²) in [6.07, 6.45) is 0.526. The van der Waals surface area contributed by atoms with E-state index in [1.807, 2.05) is 9.80 Å². The average Bonchev–Trinajstić information content (AvgIpc) is 3.19. The molecule has 0 aliphatic carbocycles. The second kappa shape index (κ2) is 10.5. The summed E-state index contributed by atoms with van der Waals surface area (Å²) in [7, 11) is 0. The number of likely N-dealkylation sites (tertiary alicyclic amines) is 2. The van der Waals surface area contributed by atoms with Gasteiger partial charge in [0.2, 0.25) is 11.5 Å². The molecule has 2 aromatic rings. The van der Waals surface area contributed by atoms with Gasteiger partial charge in [0.15, 0.2) is 0 Å². The van der Waals surface area contributed by atoms with Gasteiger partial charge in [0, 0.05) is 63.5 Å². The highest BCUT2D eigenvalue weighted by Gasteiger charge is 2.39. The number of fused-ring (bicyclic) bond motifs is 2. The van der Waals surface area contributed by atoms with E-state index in [1.54, 1.807) is 17.0 Å². The van der Waals surface area contributed by atoms with Gasteiger partial charge in [0.25, 0.3) is 0 Å². The minimum absolute atomic E-state index is 0.0254. The average molecular weight is 531 g/mol. The molecule has 1 aromatic heterocycles. The SMILES string of the molecule is O=C(C=Cc1ccc(OC(F)(F)F)cc1)N1CCC2CN(C(=O)N3CCc4[nH]c(=O)ccc4C3)CC2CC1. The van der Waals surface area contributed by atoms with E-state index in [1.165, 1.54) is 36.4 Å². The van der Waals surface area contributed by atoms with Crippen LogP contribution in [0.1, 0.15) is 29.7 Å². The number of amides is 3. The molecule has 11 heteroatoms. The van der Waals surface area contributed by atoms with E-state index in [9.17, 15) is 27.6 Å². The standard InChI is InChI=1S/C27H29F3N4O4/c28-27(29,30)38-22-5-1-18(2-6-22)3-8-25(36)32-12-9-19-15-34(16-20(19)10-13-32)26(37)33-14-11-23-21(17-33)4-7-24(35)31-23/h1-8,19-20H,9-17H2,(H,31,35). The molecule has 0 spiro atoms. The van der Waals surface area contributed by atoms with Crippen LogP contribution in [0.2, 0.25) is 0 Å². The van der Waals surface area contributed by atoms with Crippen LogP contribution in [0, 0.1) is 11.8 Å². The van der Waals surface area contributed by atoms with Crippen LogP contribution in [-0.4, -0.2) is 70.7 Å². The Morgan fingerprint density at radius 2 is 1.61 bits per heavy atom. The molecular formula is C27H29F3N4O4. The fourth-order valence-electron chi connectivity index (χ4n) is 5.59. The molecule has 1 aromatic carbocycles. The third-order valence-corrected chi connectivity index (χ3v) is 7.59. The molecule has 202 valence electrons. The highest BCUT2D eigenvalue weighted by Crippen LogP contribution is 2.33. The number of benzene rings is 1. The normalized spacial score (nSPS) is 21.7. The quantitative estimate of drug-likeness (QED) is 0.615. The topological polar surface area (TPSA) is 85.9 Å². The van der Waals surface area contributed by atoms with Crippen molar-refractivity contribution >= 4 is 18.0 Å². The van der Waals surface area contributed by atoms with Crippen molar-refractivity contribution in [2.45, 2.75) is 32.2 Å². The maximum absolute atomic E-state index is 13.2. The van der Waals surface area contributed by atoms with Crippen LogP contribution in [0.25, 0.3) is 6.08 Å². The molecule has 1 N–H and O–H groups in total. The molecule has 2 saturated heterocycles. The van der Waals surface area contributed by atoms with Gasteiger partial charge in [-0.3, -0.25) is 9.59 Å². The number of carbonyl (C=O) groups excluding carboxylic acids is 2. The molecular weight excluding hydrogens is 501 g/mol. The Labute approximate surface area is 217 Å². The zero-order chi connectivity index (χ0) is 26.9. The van der Waals surface area contributed by atoms with Gasteiger partial charge < -0.3 is 24.4 Å². The number of pyridine rings is 1. The number of aromatic amines is 1. The first-order valence-corrected chi connectivity index (χ1v) is 12.7. The Morgan fingerprint density at radius 1 is 0.921 bits per heavy atom. The molecule has 2 unspecified atom stereocenters. The summed E-state index contributed by atoms with van der Waals surface area (Å²) in [4.78, 5) is 46.0. The van der Waals surface area contributed by atoms with E-state index in [4.69, 9.17) is 0 Å². The van der Waals surface area contributed by atoms with Crippen molar-refractivity contribution in [2.75, 3.05) is 32.7 Å². The Bertz CT molecular complexity index is 1260. The highest BCUT2D eigenvalue weighted by molar-refractivity contribution is 5.91. The van der Waals surface area contributed by atoms with Crippen LogP contribution < -0.4 is 10.3 Å². The molecule has 5 rings (SSSR count). The van der Waals surface area contributed by atoms with Gasteiger partial charge in [-0.05, 0) is 54.0 Å². The van der Waals surface area contributed by atoms with Crippen LogP contribution in [0.3, 0.4) is 0 Å². The lowest BCUT2D eigenvalue weighted by Gasteiger charge is -2.32. The first kappa shape index (κ1) is 25.9. The Kier molecular flexibility index (Phi) is 7.18. The third kappa shape index (κ3) is 6.03. The lowest BCUT2D eigenvalue weighted by Crippen LogP contribution is -2.45. The van der Waals surface area contributed by atoms with Gasteiger partial charge in [-0.2, -0.15) is 0 Å². The van der Waals surface area contributed by atoms with E-state index in [0.717, 1.165) is 24.1 Å². The number of hydrogen-bond acceptors (Lipinski definition) is 4. The van der Waals surface area contributed by atoms with E-state index in [2.05, 4.69) is 9.72 Å². The minimum Gasteiger partial charge on any atom is -0.406 e. The van der Waals surface area contributed by atoms with Crippen molar-refractivity contribution in [1.82, 2.24) is 19.7 Å². The smallest absolute Gasteiger partial charge is 0.406 e. The summed E-state index contributed by atoms with van der Waals surface area (Å²) < 4.78 is 40.8. The number of H-pyrrole nitrogens is 1. The molecule has 2 atom stereocenters. The predicted octanol–water partition coefficient (Wildman–Crippen LogP) is 3.64. The fourth-order valence-corrected chi connectivity index (χ4v) is 5.59. The molecule has 0 radical (unpaired) electrons. The van der Waals surface area contributed by atoms with Gasteiger partial charge in [-0.15, -0.1) is 13.2 Å². The molecule has 4 heterocycles. The van der Waals surface area contributed by atoms with Crippen molar-refractivity contribution < 1.29 is 27.5 Å². The molecule has 0 bridgehead atoms. The van der Waals surface area contributed by atoms with E-state index in [-0.39, 0.29) is 23.2 Å². The predicted molar refractivity (Wildman–Crippen MR) is 133 cm³/mol. The van der Waals surface area contributed by atoms with Crippen LogP contribution in [0.15, 0.2) is 47.3 Å². The van der Waals surface area contributed by atoms with E-state index >= 15 is 0 Å². The van der Waals surface area contributed by atoms with Crippen molar-refractivity contribution in [1.29, 1.82) is 0 Å².